The van der Waals surface area contributed by atoms with Crippen LogP contribution in [0.2, 0.25) is 0 Å². The van der Waals surface area contributed by atoms with Gasteiger partial charge in [-0.15, -0.1) is 0 Å². The molecule has 0 aromatic rings. The second kappa shape index (κ2) is 3.20. The Balaban J connectivity index is 2.41. The average Bonchev–Trinajstić information content (AvgIpc) is 2.41. The van der Waals surface area contributed by atoms with Gasteiger partial charge in [0, 0.05) is 11.1 Å². The maximum atomic E-state index is 11.7. The number of aliphatic hydroxyl groups excluding tert-OH is 1. The van der Waals surface area contributed by atoms with E-state index in [0.717, 1.165) is 17.7 Å². The molecule has 2 rings (SSSR count). The fourth-order valence-corrected chi connectivity index (χ4v) is 2.25. The largest absolute Gasteiger partial charge is 0.376 e. The second-order valence-electron chi connectivity index (χ2n) is 3.87. The van der Waals surface area contributed by atoms with Crippen LogP contribution in [0.25, 0.3) is 0 Å². The number of aliphatic hydroxyl groups is 1. The molecule has 2 aliphatic rings. The number of carbonyl (C=O) groups excluding carboxylic acids is 2. The third kappa shape index (κ3) is 1.10. The van der Waals surface area contributed by atoms with Crippen molar-refractivity contribution in [2.45, 2.75) is 26.2 Å². The number of carbonyl (C=O) groups is 2. The number of rotatable bonds is 1. The smallest absolute Gasteiger partial charge is 0.259 e. The van der Waals surface area contributed by atoms with Gasteiger partial charge in [-0.05, 0) is 25.2 Å². The van der Waals surface area contributed by atoms with Gasteiger partial charge in [0.15, 0.2) is 0 Å². The zero-order chi connectivity index (χ0) is 10.3. The molecule has 1 atom stereocenters. The lowest BCUT2D eigenvalue weighted by molar-refractivity contribution is -0.141. The monoisotopic (exact) mass is 195 g/mol. The van der Waals surface area contributed by atoms with Crippen LogP contribution < -0.4 is 0 Å². The summed E-state index contributed by atoms with van der Waals surface area (Å²) in [5.74, 6) is -0.425. The molecule has 0 radical (unpaired) electrons. The van der Waals surface area contributed by atoms with Gasteiger partial charge in [-0.3, -0.25) is 14.5 Å². The van der Waals surface area contributed by atoms with E-state index in [2.05, 4.69) is 0 Å². The first-order chi connectivity index (χ1) is 6.66. The summed E-state index contributed by atoms with van der Waals surface area (Å²) in [4.78, 5) is 24.2. The molecule has 0 bridgehead atoms. The molecule has 1 aliphatic carbocycles. The number of hydrogen-bond donors (Lipinski definition) is 1. The Hall–Kier alpha value is -1.16. The van der Waals surface area contributed by atoms with Crippen LogP contribution in [0.15, 0.2) is 11.1 Å². The first kappa shape index (κ1) is 9.40. The molecule has 0 fully saturated rings. The molecule has 14 heavy (non-hydrogen) atoms. The highest BCUT2D eigenvalue weighted by atomic mass is 16.3. The van der Waals surface area contributed by atoms with E-state index in [1.807, 2.05) is 6.92 Å². The predicted octanol–water partition coefficient (Wildman–Crippen LogP) is 0.422. The lowest BCUT2D eigenvalue weighted by Crippen LogP contribution is -2.32. The molecular weight excluding hydrogens is 182 g/mol. The van der Waals surface area contributed by atoms with Crippen molar-refractivity contribution in [1.82, 2.24) is 4.90 Å². The minimum absolute atomic E-state index is 0.159. The van der Waals surface area contributed by atoms with E-state index in [4.69, 9.17) is 5.11 Å². The lowest BCUT2D eigenvalue weighted by Gasteiger charge is -2.17. The van der Waals surface area contributed by atoms with Gasteiger partial charge in [-0.25, -0.2) is 0 Å². The fourth-order valence-electron chi connectivity index (χ4n) is 2.25. The molecule has 0 saturated heterocycles. The van der Waals surface area contributed by atoms with Crippen LogP contribution in [0, 0.1) is 5.92 Å². The standard InChI is InChI=1S/C10H13NO3/c1-6-3-2-4-7-8(6)10(14)11(5-12)9(7)13/h6,12H,2-5H2,1H3. The Morgan fingerprint density at radius 2 is 2.14 bits per heavy atom. The van der Waals surface area contributed by atoms with Crippen LogP contribution >= 0.6 is 0 Å². The van der Waals surface area contributed by atoms with E-state index in [9.17, 15) is 9.59 Å². The zero-order valence-electron chi connectivity index (χ0n) is 8.12. The Morgan fingerprint density at radius 1 is 1.43 bits per heavy atom. The highest BCUT2D eigenvalue weighted by Gasteiger charge is 2.40. The van der Waals surface area contributed by atoms with Crippen molar-refractivity contribution in [2.24, 2.45) is 5.92 Å². The minimum Gasteiger partial charge on any atom is -0.376 e. The molecule has 0 aromatic carbocycles. The zero-order valence-corrected chi connectivity index (χ0v) is 8.12. The third-order valence-electron chi connectivity index (χ3n) is 3.00. The number of imide groups is 1. The summed E-state index contributed by atoms with van der Waals surface area (Å²) in [7, 11) is 0. The molecule has 1 aliphatic heterocycles. The van der Waals surface area contributed by atoms with E-state index in [1.165, 1.54) is 0 Å². The lowest BCUT2D eigenvalue weighted by atomic mass is 9.85. The SMILES string of the molecule is CC1CCCC2=C1C(=O)N(CO)C2=O. The maximum absolute atomic E-state index is 11.7. The van der Waals surface area contributed by atoms with E-state index in [1.54, 1.807) is 0 Å². The van der Waals surface area contributed by atoms with Crippen LogP contribution in [-0.4, -0.2) is 28.6 Å². The second-order valence-corrected chi connectivity index (χ2v) is 3.87. The molecule has 0 spiro atoms. The number of amides is 2. The molecule has 4 nitrogen and oxygen atoms in total. The van der Waals surface area contributed by atoms with Crippen molar-refractivity contribution < 1.29 is 14.7 Å². The van der Waals surface area contributed by atoms with E-state index in [0.29, 0.717) is 17.6 Å². The van der Waals surface area contributed by atoms with Gasteiger partial charge in [0.2, 0.25) is 0 Å². The average molecular weight is 195 g/mol. The summed E-state index contributed by atoms with van der Waals surface area (Å²) in [5.41, 5.74) is 1.26. The topological polar surface area (TPSA) is 57.6 Å². The number of nitrogens with zero attached hydrogens (tertiary/aromatic N) is 1. The van der Waals surface area contributed by atoms with Crippen molar-refractivity contribution in [3.05, 3.63) is 11.1 Å². The summed E-state index contributed by atoms with van der Waals surface area (Å²) in [6.07, 6.45) is 2.59. The van der Waals surface area contributed by atoms with Gasteiger partial charge >= 0.3 is 0 Å². The fraction of sp³-hybridized carbons (Fsp3) is 0.600. The van der Waals surface area contributed by atoms with Crippen molar-refractivity contribution in [2.75, 3.05) is 6.73 Å². The summed E-state index contributed by atoms with van der Waals surface area (Å²) in [6.45, 7) is 1.46. The highest BCUT2D eigenvalue weighted by Crippen LogP contribution is 2.36. The van der Waals surface area contributed by atoms with Gasteiger partial charge in [0.1, 0.15) is 6.73 Å². The van der Waals surface area contributed by atoms with Crippen LogP contribution in [0.5, 0.6) is 0 Å². The van der Waals surface area contributed by atoms with Gasteiger partial charge in [0.25, 0.3) is 11.8 Å². The van der Waals surface area contributed by atoms with Gasteiger partial charge in [0.05, 0.1) is 0 Å². The Bertz CT molecular complexity index is 332. The highest BCUT2D eigenvalue weighted by molar-refractivity contribution is 6.19. The molecule has 1 N–H and O–H groups in total. The predicted molar refractivity (Wildman–Crippen MR) is 49.0 cm³/mol. The van der Waals surface area contributed by atoms with Crippen LogP contribution in [-0.2, 0) is 9.59 Å². The summed E-state index contributed by atoms with van der Waals surface area (Å²) < 4.78 is 0. The Morgan fingerprint density at radius 3 is 2.71 bits per heavy atom. The van der Waals surface area contributed by atoms with Gasteiger partial charge in [-0.1, -0.05) is 6.92 Å². The van der Waals surface area contributed by atoms with Gasteiger partial charge in [-0.2, -0.15) is 0 Å². The summed E-state index contributed by atoms with van der Waals surface area (Å²) >= 11 is 0. The molecule has 76 valence electrons. The summed E-state index contributed by atoms with van der Waals surface area (Å²) in [6, 6.07) is 0. The van der Waals surface area contributed by atoms with Crippen molar-refractivity contribution >= 4 is 11.8 Å². The Kier molecular flexibility index (Phi) is 2.15. The normalized spacial score (nSPS) is 27.3. The van der Waals surface area contributed by atoms with Crippen LogP contribution in [0.3, 0.4) is 0 Å². The minimum atomic E-state index is -0.503. The van der Waals surface area contributed by atoms with E-state index >= 15 is 0 Å². The van der Waals surface area contributed by atoms with Crippen molar-refractivity contribution in [1.29, 1.82) is 0 Å². The molecule has 4 heteroatoms. The van der Waals surface area contributed by atoms with Gasteiger partial charge < -0.3 is 5.11 Å². The quantitative estimate of drug-likeness (QED) is 0.617. The molecule has 1 heterocycles. The Labute approximate surface area is 82.2 Å². The molecule has 2 amide bonds. The molecule has 1 unspecified atom stereocenters. The molecular formula is C10H13NO3. The van der Waals surface area contributed by atoms with E-state index < -0.39 is 6.73 Å². The first-order valence-corrected chi connectivity index (χ1v) is 4.87. The first-order valence-electron chi connectivity index (χ1n) is 4.87. The van der Waals surface area contributed by atoms with Crippen LogP contribution in [0.1, 0.15) is 26.2 Å². The summed E-state index contributed by atoms with van der Waals surface area (Å²) in [5, 5.41) is 8.90. The van der Waals surface area contributed by atoms with Crippen molar-refractivity contribution in [3.63, 3.8) is 0 Å². The molecule has 0 aromatic heterocycles. The number of hydrogen-bond acceptors (Lipinski definition) is 3. The molecule has 0 saturated carbocycles. The third-order valence-corrected chi connectivity index (χ3v) is 3.00. The van der Waals surface area contributed by atoms with E-state index in [-0.39, 0.29) is 17.7 Å². The maximum Gasteiger partial charge on any atom is 0.259 e. The van der Waals surface area contributed by atoms with Crippen LogP contribution in [0.4, 0.5) is 0 Å². The van der Waals surface area contributed by atoms with Crippen molar-refractivity contribution in [3.8, 4) is 0 Å².